The molecule has 0 fully saturated rings. The summed E-state index contributed by atoms with van der Waals surface area (Å²) in [5.41, 5.74) is 2.75. The summed E-state index contributed by atoms with van der Waals surface area (Å²) in [6.45, 7) is 3.75. The van der Waals surface area contributed by atoms with E-state index < -0.39 is 5.41 Å². The molecule has 1 N–H and O–H groups in total. The fourth-order valence-electron chi connectivity index (χ4n) is 4.04. The molecular weight excluding hydrogens is 370 g/mol. The smallest absolute Gasteiger partial charge is 0.323 e. The van der Waals surface area contributed by atoms with Crippen LogP contribution in [0, 0.1) is 0 Å². The van der Waals surface area contributed by atoms with E-state index in [0.717, 1.165) is 22.4 Å². The molecule has 0 saturated heterocycles. The van der Waals surface area contributed by atoms with Gasteiger partial charge in [0.2, 0.25) is 0 Å². The molecule has 0 saturated carbocycles. The SMILES string of the molecule is CC(C)OC(=O)[C@]1(c2ccccc2)c2ccccc2N[C@@H]1c1ccc(Cl)cc1. The molecule has 142 valence electrons. The minimum Gasteiger partial charge on any atom is -0.462 e. The lowest BCUT2D eigenvalue weighted by atomic mass is 9.69. The standard InChI is InChI=1S/C24H22ClNO2/c1-16(2)28-23(27)24(18-8-4-3-5-9-18)20-10-6-7-11-21(20)26-22(24)17-12-14-19(25)15-13-17/h3-16,22,26H,1-2H3/t22-,24-/m1/s1. The van der Waals surface area contributed by atoms with E-state index in [0.29, 0.717) is 5.02 Å². The van der Waals surface area contributed by atoms with Gasteiger partial charge in [-0.05, 0) is 48.7 Å². The van der Waals surface area contributed by atoms with Crippen molar-refractivity contribution < 1.29 is 9.53 Å². The molecule has 0 unspecified atom stereocenters. The number of carbonyl (C=O) groups is 1. The molecule has 3 nitrogen and oxygen atoms in total. The zero-order valence-electron chi connectivity index (χ0n) is 15.9. The van der Waals surface area contributed by atoms with Crippen molar-refractivity contribution in [2.45, 2.75) is 31.4 Å². The molecule has 3 aromatic carbocycles. The summed E-state index contributed by atoms with van der Waals surface area (Å²) in [5, 5.41) is 4.23. The van der Waals surface area contributed by atoms with Gasteiger partial charge in [0.1, 0.15) is 5.41 Å². The van der Waals surface area contributed by atoms with Gasteiger partial charge in [0.05, 0.1) is 12.1 Å². The highest BCUT2D eigenvalue weighted by atomic mass is 35.5. The first-order valence-corrected chi connectivity index (χ1v) is 9.79. The molecule has 0 amide bonds. The third-order valence-corrected chi connectivity index (χ3v) is 5.43. The molecule has 28 heavy (non-hydrogen) atoms. The second-order valence-corrected chi connectivity index (χ2v) is 7.74. The molecule has 4 heteroatoms. The monoisotopic (exact) mass is 391 g/mol. The predicted octanol–water partition coefficient (Wildman–Crippen LogP) is 5.74. The van der Waals surface area contributed by atoms with Gasteiger partial charge in [-0.25, -0.2) is 0 Å². The summed E-state index contributed by atoms with van der Waals surface area (Å²) in [6.07, 6.45) is -0.216. The Bertz CT molecular complexity index is 985. The Morgan fingerprint density at radius 1 is 0.964 bits per heavy atom. The van der Waals surface area contributed by atoms with Crippen LogP contribution in [0.5, 0.6) is 0 Å². The molecular formula is C24H22ClNO2. The molecule has 0 bridgehead atoms. The van der Waals surface area contributed by atoms with Crippen LogP contribution < -0.4 is 5.32 Å². The Kier molecular flexibility index (Phi) is 4.86. The Balaban J connectivity index is 2.00. The summed E-state index contributed by atoms with van der Waals surface area (Å²) >= 11 is 6.11. The number of benzene rings is 3. The number of halogens is 1. The van der Waals surface area contributed by atoms with Crippen molar-refractivity contribution in [2.24, 2.45) is 0 Å². The van der Waals surface area contributed by atoms with Crippen molar-refractivity contribution in [3.05, 3.63) is 101 Å². The second kappa shape index (κ2) is 7.33. The number of para-hydroxylation sites is 1. The largest absolute Gasteiger partial charge is 0.462 e. The van der Waals surface area contributed by atoms with Gasteiger partial charge < -0.3 is 10.1 Å². The molecule has 0 aromatic heterocycles. The van der Waals surface area contributed by atoms with Crippen molar-refractivity contribution in [2.75, 3.05) is 5.32 Å². The molecule has 0 spiro atoms. The average molecular weight is 392 g/mol. The molecule has 1 aliphatic heterocycles. The highest BCUT2D eigenvalue weighted by Crippen LogP contribution is 2.53. The number of fused-ring (bicyclic) bond motifs is 1. The number of esters is 1. The van der Waals surface area contributed by atoms with Gasteiger partial charge >= 0.3 is 5.97 Å². The lowest BCUT2D eigenvalue weighted by Crippen LogP contribution is -2.43. The molecule has 1 heterocycles. The number of rotatable bonds is 4. The second-order valence-electron chi connectivity index (χ2n) is 7.30. The number of hydrogen-bond donors (Lipinski definition) is 1. The third kappa shape index (κ3) is 2.96. The lowest BCUT2D eigenvalue weighted by Gasteiger charge is -2.35. The van der Waals surface area contributed by atoms with Gasteiger partial charge in [-0.15, -0.1) is 0 Å². The van der Waals surface area contributed by atoms with Gasteiger partial charge in [0.25, 0.3) is 0 Å². The van der Waals surface area contributed by atoms with Crippen LogP contribution in [0.3, 0.4) is 0 Å². The number of ether oxygens (including phenoxy) is 1. The van der Waals surface area contributed by atoms with E-state index in [1.807, 2.05) is 92.7 Å². The van der Waals surface area contributed by atoms with Gasteiger partial charge in [-0.2, -0.15) is 0 Å². The van der Waals surface area contributed by atoms with E-state index in [2.05, 4.69) is 5.32 Å². The third-order valence-electron chi connectivity index (χ3n) is 5.18. The predicted molar refractivity (Wildman–Crippen MR) is 113 cm³/mol. The summed E-state index contributed by atoms with van der Waals surface area (Å²) in [5.74, 6) is -0.258. The highest BCUT2D eigenvalue weighted by Gasteiger charge is 2.56. The zero-order chi connectivity index (χ0) is 19.7. The van der Waals surface area contributed by atoms with Crippen LogP contribution in [0.4, 0.5) is 5.69 Å². The van der Waals surface area contributed by atoms with Crippen LogP contribution in [-0.2, 0) is 14.9 Å². The van der Waals surface area contributed by atoms with Gasteiger partial charge in [0, 0.05) is 10.7 Å². The van der Waals surface area contributed by atoms with Gasteiger partial charge in [-0.1, -0.05) is 72.3 Å². The van der Waals surface area contributed by atoms with Crippen LogP contribution in [0.2, 0.25) is 5.02 Å². The first-order valence-electron chi connectivity index (χ1n) is 9.41. The minimum atomic E-state index is -0.990. The van der Waals surface area contributed by atoms with Crippen molar-refractivity contribution >= 4 is 23.3 Å². The van der Waals surface area contributed by atoms with E-state index in [9.17, 15) is 4.79 Å². The van der Waals surface area contributed by atoms with Crippen molar-refractivity contribution in [1.82, 2.24) is 0 Å². The van der Waals surface area contributed by atoms with E-state index in [-0.39, 0.29) is 18.1 Å². The fourth-order valence-corrected chi connectivity index (χ4v) is 4.16. The van der Waals surface area contributed by atoms with Crippen LogP contribution in [0.15, 0.2) is 78.9 Å². The minimum absolute atomic E-state index is 0.216. The summed E-state index contributed by atoms with van der Waals surface area (Å²) < 4.78 is 5.82. The van der Waals surface area contributed by atoms with E-state index in [1.54, 1.807) is 0 Å². The van der Waals surface area contributed by atoms with Crippen LogP contribution in [-0.4, -0.2) is 12.1 Å². The van der Waals surface area contributed by atoms with Crippen LogP contribution in [0.25, 0.3) is 0 Å². The first kappa shape index (κ1) is 18.6. The molecule has 1 aliphatic rings. The Labute approximate surface area is 170 Å². The molecule has 4 rings (SSSR count). The molecule has 0 radical (unpaired) electrons. The summed E-state index contributed by atoms with van der Waals surface area (Å²) in [6, 6.07) is 25.1. The average Bonchev–Trinajstić information content (AvgIpc) is 3.05. The Morgan fingerprint density at radius 2 is 1.61 bits per heavy atom. The number of carbonyl (C=O) groups excluding carboxylic acids is 1. The number of nitrogens with one attached hydrogen (secondary N) is 1. The van der Waals surface area contributed by atoms with Gasteiger partial charge in [-0.3, -0.25) is 4.79 Å². The number of hydrogen-bond acceptors (Lipinski definition) is 3. The molecule has 0 aliphatic carbocycles. The maximum atomic E-state index is 13.7. The summed E-state index contributed by atoms with van der Waals surface area (Å²) in [7, 11) is 0. The first-order chi connectivity index (χ1) is 13.5. The fraction of sp³-hybridized carbons (Fsp3) is 0.208. The summed E-state index contributed by atoms with van der Waals surface area (Å²) in [4.78, 5) is 13.7. The maximum absolute atomic E-state index is 13.7. The Hall–Kier alpha value is -2.78. The van der Waals surface area contributed by atoms with E-state index >= 15 is 0 Å². The van der Waals surface area contributed by atoms with Crippen molar-refractivity contribution in [1.29, 1.82) is 0 Å². The van der Waals surface area contributed by atoms with Crippen LogP contribution >= 0.6 is 11.6 Å². The lowest BCUT2D eigenvalue weighted by molar-refractivity contribution is -0.153. The van der Waals surface area contributed by atoms with Crippen LogP contribution in [0.1, 0.15) is 36.6 Å². The number of anilines is 1. The van der Waals surface area contributed by atoms with E-state index in [4.69, 9.17) is 16.3 Å². The zero-order valence-corrected chi connectivity index (χ0v) is 16.6. The Morgan fingerprint density at radius 3 is 2.29 bits per heavy atom. The molecule has 2 atom stereocenters. The maximum Gasteiger partial charge on any atom is 0.323 e. The molecule has 3 aromatic rings. The highest BCUT2D eigenvalue weighted by molar-refractivity contribution is 6.30. The van der Waals surface area contributed by atoms with E-state index in [1.165, 1.54) is 0 Å². The van der Waals surface area contributed by atoms with Crippen molar-refractivity contribution in [3.8, 4) is 0 Å². The van der Waals surface area contributed by atoms with Gasteiger partial charge in [0.15, 0.2) is 0 Å². The van der Waals surface area contributed by atoms with Crippen molar-refractivity contribution in [3.63, 3.8) is 0 Å². The normalized spacial score (nSPS) is 20.5. The topological polar surface area (TPSA) is 38.3 Å². The quantitative estimate of drug-likeness (QED) is 0.576.